The summed E-state index contributed by atoms with van der Waals surface area (Å²) in [5.74, 6) is -2.70. The van der Waals surface area contributed by atoms with Crippen molar-refractivity contribution in [1.82, 2.24) is 4.72 Å². The van der Waals surface area contributed by atoms with Crippen LogP contribution in [0.5, 0.6) is 0 Å². The number of aliphatic hydroxyl groups excluding tert-OH is 2. The molecule has 0 radical (unpaired) electrons. The molecule has 0 saturated heterocycles. The van der Waals surface area contributed by atoms with Gasteiger partial charge in [-0.2, -0.15) is 0 Å². The number of benzene rings is 1. The molecule has 0 amide bonds. The molecule has 0 fully saturated rings. The summed E-state index contributed by atoms with van der Waals surface area (Å²) in [6.07, 6.45) is 0. The summed E-state index contributed by atoms with van der Waals surface area (Å²) in [6, 6.07) is 0.0704. The third kappa shape index (κ3) is 3.13. The van der Waals surface area contributed by atoms with E-state index in [0.29, 0.717) is 12.1 Å². The van der Waals surface area contributed by atoms with Gasteiger partial charge in [0.15, 0.2) is 4.90 Å². The second-order valence-corrected chi connectivity index (χ2v) is 5.15. The first-order valence-electron chi connectivity index (χ1n) is 4.80. The summed E-state index contributed by atoms with van der Waals surface area (Å²) in [5.41, 5.74) is 4.89. The summed E-state index contributed by atoms with van der Waals surface area (Å²) in [7, 11) is -4.54. The molecule has 0 spiro atoms. The van der Waals surface area contributed by atoms with Crippen molar-refractivity contribution in [1.29, 1.82) is 0 Å². The highest BCUT2D eigenvalue weighted by Gasteiger charge is 2.27. The normalized spacial score (nSPS) is 12.1. The Hall–Kier alpha value is -1.29. The Bertz CT molecular complexity index is 508. The molecular formula is C9H12F2N2O4S. The zero-order valence-electron chi connectivity index (χ0n) is 9.10. The van der Waals surface area contributed by atoms with Gasteiger partial charge in [-0.3, -0.25) is 0 Å². The minimum Gasteiger partial charge on any atom is -0.399 e. The molecule has 0 aliphatic heterocycles. The zero-order chi connectivity index (χ0) is 13.9. The summed E-state index contributed by atoms with van der Waals surface area (Å²) >= 11 is 0. The molecular weight excluding hydrogens is 270 g/mol. The van der Waals surface area contributed by atoms with Gasteiger partial charge in [0.25, 0.3) is 0 Å². The van der Waals surface area contributed by atoms with Gasteiger partial charge in [-0.15, -0.1) is 0 Å². The lowest BCUT2D eigenvalue weighted by atomic mass is 10.3. The van der Waals surface area contributed by atoms with E-state index in [0.717, 1.165) is 0 Å². The highest BCUT2D eigenvalue weighted by atomic mass is 32.2. The Morgan fingerprint density at radius 1 is 1.22 bits per heavy atom. The van der Waals surface area contributed by atoms with Crippen molar-refractivity contribution in [2.24, 2.45) is 0 Å². The molecule has 0 aliphatic carbocycles. The number of anilines is 1. The average Bonchev–Trinajstić information content (AvgIpc) is 2.23. The Labute approximate surface area is 102 Å². The fourth-order valence-electron chi connectivity index (χ4n) is 1.25. The number of sulfonamides is 1. The maximum atomic E-state index is 13.4. The molecule has 9 heteroatoms. The summed E-state index contributed by atoms with van der Waals surface area (Å²) in [4.78, 5) is -1.20. The fourth-order valence-corrected chi connectivity index (χ4v) is 2.58. The number of hydrogen-bond donors (Lipinski definition) is 4. The Morgan fingerprint density at radius 2 is 1.67 bits per heavy atom. The van der Waals surface area contributed by atoms with Crippen LogP contribution in [0.2, 0.25) is 0 Å². The van der Waals surface area contributed by atoms with Gasteiger partial charge in [-0.1, -0.05) is 0 Å². The van der Waals surface area contributed by atoms with Crippen molar-refractivity contribution in [3.63, 3.8) is 0 Å². The topological polar surface area (TPSA) is 113 Å². The van der Waals surface area contributed by atoms with E-state index >= 15 is 0 Å². The molecule has 0 saturated carbocycles. The van der Waals surface area contributed by atoms with Crippen LogP contribution in [0.3, 0.4) is 0 Å². The quantitative estimate of drug-likeness (QED) is 0.527. The van der Waals surface area contributed by atoms with Crippen LogP contribution in [0.1, 0.15) is 0 Å². The smallest absolute Gasteiger partial charge is 0.246 e. The molecule has 0 unspecified atom stereocenters. The van der Waals surface area contributed by atoms with Crippen molar-refractivity contribution in [3.05, 3.63) is 23.8 Å². The van der Waals surface area contributed by atoms with E-state index in [1.807, 2.05) is 0 Å². The maximum Gasteiger partial charge on any atom is 0.246 e. The first-order valence-corrected chi connectivity index (χ1v) is 6.28. The number of nitrogens with one attached hydrogen (secondary N) is 1. The van der Waals surface area contributed by atoms with E-state index in [-0.39, 0.29) is 5.69 Å². The predicted octanol–water partition coefficient (Wildman–Crippen LogP) is -0.822. The lowest BCUT2D eigenvalue weighted by molar-refractivity contribution is 0.184. The van der Waals surface area contributed by atoms with Crippen LogP contribution in [0, 0.1) is 11.6 Å². The third-order valence-corrected chi connectivity index (χ3v) is 3.62. The molecule has 6 nitrogen and oxygen atoms in total. The summed E-state index contributed by atoms with van der Waals surface area (Å²) < 4.78 is 51.9. The molecule has 0 heterocycles. The van der Waals surface area contributed by atoms with Gasteiger partial charge in [0.2, 0.25) is 10.0 Å². The predicted molar refractivity (Wildman–Crippen MR) is 59.1 cm³/mol. The van der Waals surface area contributed by atoms with E-state index in [9.17, 15) is 17.2 Å². The van der Waals surface area contributed by atoms with Gasteiger partial charge in [-0.05, 0) is 12.1 Å². The van der Waals surface area contributed by atoms with E-state index in [1.54, 1.807) is 4.72 Å². The highest BCUT2D eigenvalue weighted by Crippen LogP contribution is 2.21. The third-order valence-electron chi connectivity index (χ3n) is 2.05. The van der Waals surface area contributed by atoms with E-state index in [1.165, 1.54) is 0 Å². The molecule has 0 atom stereocenters. The Kier molecular flexibility index (Phi) is 4.57. The molecule has 1 rings (SSSR count). The maximum absolute atomic E-state index is 13.4. The minimum absolute atomic E-state index is 0.259. The molecule has 0 aromatic heterocycles. The molecule has 0 bridgehead atoms. The lowest BCUT2D eigenvalue weighted by Gasteiger charge is -2.14. The number of rotatable bonds is 5. The monoisotopic (exact) mass is 282 g/mol. The second kappa shape index (κ2) is 5.57. The molecule has 0 aliphatic rings. The van der Waals surface area contributed by atoms with Crippen molar-refractivity contribution in [2.75, 3.05) is 18.9 Å². The molecule has 1 aromatic carbocycles. The number of nitrogens with two attached hydrogens (primary N) is 1. The summed E-state index contributed by atoms with van der Waals surface area (Å²) in [5, 5.41) is 17.4. The van der Waals surface area contributed by atoms with Crippen molar-refractivity contribution in [3.8, 4) is 0 Å². The zero-order valence-corrected chi connectivity index (χ0v) is 9.92. The molecule has 5 N–H and O–H groups in total. The van der Waals surface area contributed by atoms with Crippen LogP contribution in [0.4, 0.5) is 14.5 Å². The standard InChI is InChI=1S/C9H12F2N2O4S/c10-7-1-5(12)2-8(11)9(7)18(16,17)13-6(3-14)4-15/h1-2,6,13-15H,3-4,12H2. The Balaban J connectivity index is 3.21. The van der Waals surface area contributed by atoms with E-state index in [4.69, 9.17) is 15.9 Å². The van der Waals surface area contributed by atoms with Gasteiger partial charge in [0.05, 0.1) is 19.3 Å². The summed E-state index contributed by atoms with van der Waals surface area (Å²) in [6.45, 7) is -1.43. The van der Waals surface area contributed by atoms with Gasteiger partial charge in [0.1, 0.15) is 11.6 Å². The van der Waals surface area contributed by atoms with Crippen LogP contribution in [0.25, 0.3) is 0 Å². The van der Waals surface area contributed by atoms with Crippen molar-refractivity contribution < 1.29 is 27.4 Å². The van der Waals surface area contributed by atoms with Gasteiger partial charge in [-0.25, -0.2) is 21.9 Å². The second-order valence-electron chi connectivity index (χ2n) is 3.50. The molecule has 102 valence electrons. The van der Waals surface area contributed by atoms with E-state index < -0.39 is 45.8 Å². The Morgan fingerprint density at radius 3 is 2.06 bits per heavy atom. The first kappa shape index (κ1) is 14.8. The first-order chi connectivity index (χ1) is 8.31. The van der Waals surface area contributed by atoms with Gasteiger partial charge in [0, 0.05) is 5.69 Å². The number of nitrogen functional groups attached to an aromatic ring is 1. The van der Waals surface area contributed by atoms with Gasteiger partial charge >= 0.3 is 0 Å². The van der Waals surface area contributed by atoms with Crippen LogP contribution >= 0.6 is 0 Å². The number of hydrogen-bond acceptors (Lipinski definition) is 5. The minimum atomic E-state index is -4.54. The number of halogens is 2. The largest absolute Gasteiger partial charge is 0.399 e. The fraction of sp³-hybridized carbons (Fsp3) is 0.333. The number of aliphatic hydroxyl groups is 2. The van der Waals surface area contributed by atoms with Crippen molar-refractivity contribution in [2.45, 2.75) is 10.9 Å². The SMILES string of the molecule is Nc1cc(F)c(S(=O)(=O)NC(CO)CO)c(F)c1. The lowest BCUT2D eigenvalue weighted by Crippen LogP contribution is -2.40. The van der Waals surface area contributed by atoms with Crippen molar-refractivity contribution >= 4 is 15.7 Å². The van der Waals surface area contributed by atoms with Crippen LogP contribution < -0.4 is 10.5 Å². The van der Waals surface area contributed by atoms with Crippen LogP contribution in [-0.2, 0) is 10.0 Å². The van der Waals surface area contributed by atoms with E-state index in [2.05, 4.69) is 0 Å². The molecule has 18 heavy (non-hydrogen) atoms. The van der Waals surface area contributed by atoms with Crippen LogP contribution in [-0.4, -0.2) is 37.9 Å². The van der Waals surface area contributed by atoms with Crippen LogP contribution in [0.15, 0.2) is 17.0 Å². The highest BCUT2D eigenvalue weighted by molar-refractivity contribution is 7.89. The van der Waals surface area contributed by atoms with Gasteiger partial charge < -0.3 is 15.9 Å². The average molecular weight is 282 g/mol. The molecule has 1 aromatic rings.